The third kappa shape index (κ3) is 5.44. The van der Waals surface area contributed by atoms with Gasteiger partial charge in [-0.15, -0.1) is 17.0 Å². The molecule has 1 aliphatic carbocycles. The predicted molar refractivity (Wildman–Crippen MR) is 124 cm³/mol. The topological polar surface area (TPSA) is 70.8 Å². The van der Waals surface area contributed by atoms with Gasteiger partial charge in [-0.05, 0) is 69.0 Å². The molecule has 1 unspecified atom stereocenters. The Hall–Kier alpha value is -1.76. The SMILES string of the molecule is Br.NCCCCCCN(Cc1nc2ccccc2[nH]1)C1CCCc2cccnc21. The van der Waals surface area contributed by atoms with Crippen molar-refractivity contribution in [1.82, 2.24) is 19.9 Å². The maximum atomic E-state index is 5.65. The van der Waals surface area contributed by atoms with Gasteiger partial charge in [0, 0.05) is 6.20 Å². The van der Waals surface area contributed by atoms with Crippen molar-refractivity contribution in [2.45, 2.75) is 57.5 Å². The Balaban J connectivity index is 0.00000240. The summed E-state index contributed by atoms with van der Waals surface area (Å²) in [7, 11) is 0. The number of hydrogen-bond donors (Lipinski definition) is 2. The minimum Gasteiger partial charge on any atom is -0.341 e. The Morgan fingerprint density at radius 1 is 1.07 bits per heavy atom. The summed E-state index contributed by atoms with van der Waals surface area (Å²) >= 11 is 0. The quantitative estimate of drug-likeness (QED) is 0.446. The van der Waals surface area contributed by atoms with Crippen molar-refractivity contribution in [3.8, 4) is 0 Å². The highest BCUT2D eigenvalue weighted by molar-refractivity contribution is 8.93. The van der Waals surface area contributed by atoms with E-state index in [9.17, 15) is 0 Å². The number of unbranched alkanes of at least 4 members (excludes halogenated alkanes) is 3. The van der Waals surface area contributed by atoms with Crippen LogP contribution in [0.25, 0.3) is 11.0 Å². The van der Waals surface area contributed by atoms with Gasteiger partial charge in [-0.25, -0.2) is 4.98 Å². The highest BCUT2D eigenvalue weighted by Crippen LogP contribution is 2.34. The van der Waals surface area contributed by atoms with Crippen molar-refractivity contribution in [1.29, 1.82) is 0 Å². The molecule has 156 valence electrons. The van der Waals surface area contributed by atoms with E-state index in [0.29, 0.717) is 6.04 Å². The molecule has 5 nitrogen and oxygen atoms in total. The zero-order valence-corrected chi connectivity index (χ0v) is 18.7. The fourth-order valence-electron chi connectivity index (χ4n) is 4.37. The van der Waals surface area contributed by atoms with Crippen molar-refractivity contribution in [3.05, 3.63) is 59.7 Å². The monoisotopic (exact) mass is 457 g/mol. The summed E-state index contributed by atoms with van der Waals surface area (Å²) in [6, 6.07) is 13.0. The van der Waals surface area contributed by atoms with Crippen molar-refractivity contribution < 1.29 is 0 Å². The number of H-pyrrole nitrogens is 1. The third-order valence-corrected chi connectivity index (χ3v) is 5.80. The van der Waals surface area contributed by atoms with E-state index < -0.39 is 0 Å². The number of benzene rings is 1. The Morgan fingerprint density at radius 3 is 2.79 bits per heavy atom. The van der Waals surface area contributed by atoms with Gasteiger partial charge in [0.1, 0.15) is 5.82 Å². The van der Waals surface area contributed by atoms with Crippen molar-refractivity contribution in [2.24, 2.45) is 5.73 Å². The van der Waals surface area contributed by atoms with Crippen LogP contribution in [0, 0.1) is 0 Å². The van der Waals surface area contributed by atoms with Gasteiger partial charge in [-0.1, -0.05) is 31.0 Å². The fourth-order valence-corrected chi connectivity index (χ4v) is 4.37. The highest BCUT2D eigenvalue weighted by Gasteiger charge is 2.27. The number of aryl methyl sites for hydroxylation is 1. The summed E-state index contributed by atoms with van der Waals surface area (Å²) in [4.78, 5) is 15.7. The minimum atomic E-state index is 0. The van der Waals surface area contributed by atoms with Crippen LogP contribution < -0.4 is 5.73 Å². The van der Waals surface area contributed by atoms with Gasteiger partial charge in [-0.3, -0.25) is 9.88 Å². The standard InChI is InChI=1S/C23H31N5.BrH/c24-14-5-1-2-6-16-28(17-22-26-19-11-3-4-12-20(19)27-22)21-13-7-9-18-10-8-15-25-23(18)21;/h3-4,8,10-12,15,21H,1-2,5-7,9,13-14,16-17,24H2,(H,26,27);1H. The molecule has 0 radical (unpaired) electrons. The van der Waals surface area contributed by atoms with Crippen LogP contribution in [0.4, 0.5) is 0 Å². The summed E-state index contributed by atoms with van der Waals surface area (Å²) < 4.78 is 0. The number of nitrogens with two attached hydrogens (primary N) is 1. The first-order valence-electron chi connectivity index (χ1n) is 10.7. The van der Waals surface area contributed by atoms with Gasteiger partial charge in [0.05, 0.1) is 29.3 Å². The second kappa shape index (κ2) is 10.9. The van der Waals surface area contributed by atoms with Crippen LogP contribution in [0.2, 0.25) is 0 Å². The molecule has 0 bridgehead atoms. The van der Waals surface area contributed by atoms with E-state index in [2.05, 4.69) is 40.2 Å². The first-order chi connectivity index (χ1) is 13.8. The van der Waals surface area contributed by atoms with Crippen LogP contribution in [0.5, 0.6) is 0 Å². The molecule has 1 atom stereocenters. The van der Waals surface area contributed by atoms with Crippen LogP contribution in [-0.2, 0) is 13.0 Å². The molecule has 4 rings (SSSR count). The van der Waals surface area contributed by atoms with Gasteiger partial charge in [-0.2, -0.15) is 0 Å². The summed E-state index contributed by atoms with van der Waals surface area (Å²) in [6.07, 6.45) is 10.3. The summed E-state index contributed by atoms with van der Waals surface area (Å²) in [5.41, 5.74) is 10.5. The van der Waals surface area contributed by atoms with Gasteiger partial charge in [0.2, 0.25) is 0 Å². The lowest BCUT2D eigenvalue weighted by Gasteiger charge is -2.34. The first kappa shape index (κ1) is 21.9. The van der Waals surface area contributed by atoms with Crippen molar-refractivity contribution in [2.75, 3.05) is 13.1 Å². The Morgan fingerprint density at radius 2 is 1.93 bits per heavy atom. The van der Waals surface area contributed by atoms with E-state index in [-0.39, 0.29) is 17.0 Å². The molecule has 3 aromatic rings. The van der Waals surface area contributed by atoms with Gasteiger partial charge < -0.3 is 10.7 Å². The van der Waals surface area contributed by atoms with Crippen molar-refractivity contribution >= 4 is 28.0 Å². The molecule has 3 N–H and O–H groups in total. The van der Waals surface area contributed by atoms with Gasteiger partial charge >= 0.3 is 0 Å². The molecule has 29 heavy (non-hydrogen) atoms. The van der Waals surface area contributed by atoms with Crippen LogP contribution in [0.15, 0.2) is 42.6 Å². The molecule has 1 aromatic carbocycles. The number of nitrogens with zero attached hydrogens (tertiary/aromatic N) is 3. The van der Waals surface area contributed by atoms with E-state index in [1.807, 2.05) is 12.3 Å². The third-order valence-electron chi connectivity index (χ3n) is 5.80. The molecule has 2 aromatic heterocycles. The summed E-state index contributed by atoms with van der Waals surface area (Å²) in [5, 5.41) is 0. The van der Waals surface area contributed by atoms with E-state index in [0.717, 1.165) is 49.3 Å². The minimum absolute atomic E-state index is 0. The lowest BCUT2D eigenvalue weighted by Crippen LogP contribution is -2.33. The van der Waals surface area contributed by atoms with E-state index in [4.69, 9.17) is 15.7 Å². The molecule has 0 saturated heterocycles. The number of halogens is 1. The van der Waals surface area contributed by atoms with Crippen LogP contribution >= 0.6 is 17.0 Å². The lowest BCUT2D eigenvalue weighted by molar-refractivity contribution is 0.159. The van der Waals surface area contributed by atoms with E-state index in [1.165, 1.54) is 43.4 Å². The number of hydrogen-bond acceptors (Lipinski definition) is 4. The molecule has 6 heteroatoms. The second-order valence-corrected chi connectivity index (χ2v) is 7.83. The first-order valence-corrected chi connectivity index (χ1v) is 10.7. The highest BCUT2D eigenvalue weighted by atomic mass is 79.9. The zero-order valence-electron chi connectivity index (χ0n) is 17.0. The smallest absolute Gasteiger partial charge is 0.121 e. The molecule has 2 heterocycles. The normalized spacial score (nSPS) is 16.0. The number of pyridine rings is 1. The molecule has 1 aliphatic rings. The maximum absolute atomic E-state index is 5.65. The second-order valence-electron chi connectivity index (χ2n) is 7.83. The van der Waals surface area contributed by atoms with E-state index >= 15 is 0 Å². The van der Waals surface area contributed by atoms with Crippen LogP contribution in [0.3, 0.4) is 0 Å². The molecular weight excluding hydrogens is 426 g/mol. The van der Waals surface area contributed by atoms with Gasteiger partial charge in [0.25, 0.3) is 0 Å². The lowest BCUT2D eigenvalue weighted by atomic mass is 9.90. The Bertz CT molecular complexity index is 861. The molecule has 0 aliphatic heterocycles. The summed E-state index contributed by atoms with van der Waals surface area (Å²) in [5.74, 6) is 1.05. The van der Waals surface area contributed by atoms with Crippen LogP contribution in [0.1, 0.15) is 61.6 Å². The Labute approximate surface area is 183 Å². The number of nitrogens with one attached hydrogen (secondary N) is 1. The fraction of sp³-hybridized carbons (Fsp3) is 0.478. The largest absolute Gasteiger partial charge is 0.341 e. The molecule has 0 amide bonds. The number of aromatic amines is 1. The molecule has 0 spiro atoms. The average Bonchev–Trinajstić information content (AvgIpc) is 3.15. The average molecular weight is 458 g/mol. The maximum Gasteiger partial charge on any atom is 0.121 e. The summed E-state index contributed by atoms with van der Waals surface area (Å²) in [6.45, 7) is 2.71. The van der Waals surface area contributed by atoms with Gasteiger partial charge in [0.15, 0.2) is 0 Å². The molecular formula is C23H32BrN5. The Kier molecular flexibility index (Phi) is 8.21. The van der Waals surface area contributed by atoms with Crippen molar-refractivity contribution in [3.63, 3.8) is 0 Å². The number of aromatic nitrogens is 3. The predicted octanol–water partition coefficient (Wildman–Crippen LogP) is 4.93. The van der Waals surface area contributed by atoms with E-state index in [1.54, 1.807) is 0 Å². The number of rotatable bonds is 9. The molecule has 0 saturated carbocycles. The zero-order chi connectivity index (χ0) is 19.2. The number of para-hydroxylation sites is 2. The molecule has 0 fully saturated rings. The number of imidazole rings is 1. The van der Waals surface area contributed by atoms with Crippen LogP contribution in [-0.4, -0.2) is 32.9 Å². The number of fused-ring (bicyclic) bond motifs is 2.